The number of nitrogens with zero attached hydrogens (tertiary/aromatic N) is 3. The van der Waals surface area contributed by atoms with Gasteiger partial charge in [0.15, 0.2) is 0 Å². The number of carbonyl (C=O) groups excluding carboxylic acids is 1. The molecule has 2 heterocycles. The van der Waals surface area contributed by atoms with Gasteiger partial charge in [-0.25, -0.2) is 8.42 Å². The summed E-state index contributed by atoms with van der Waals surface area (Å²) in [5, 5.41) is 3.86. The molecule has 1 aliphatic heterocycles. The first kappa shape index (κ1) is 15.5. The van der Waals surface area contributed by atoms with Crippen molar-refractivity contribution in [2.45, 2.75) is 24.2 Å². The molecule has 1 aromatic heterocycles. The Balaban J connectivity index is 1.76. The average molecular weight is 334 g/mol. The molecule has 1 amide bonds. The summed E-state index contributed by atoms with van der Waals surface area (Å²) in [4.78, 5) is 13.7. The number of amides is 1. The molecular weight excluding hydrogens is 316 g/mol. The molecule has 122 valence electrons. The van der Waals surface area contributed by atoms with Crippen LogP contribution >= 0.6 is 0 Å². The second-order valence-electron chi connectivity index (χ2n) is 5.50. The van der Waals surface area contributed by atoms with Gasteiger partial charge in [0.1, 0.15) is 4.90 Å². The Hall–Kier alpha value is -2.35. The first-order valence-corrected chi connectivity index (χ1v) is 8.86. The van der Waals surface area contributed by atoms with E-state index in [0.29, 0.717) is 18.7 Å². The number of aromatic nitrogens is 2. The Bertz CT molecular complexity index is 812. The van der Waals surface area contributed by atoms with E-state index in [0.717, 1.165) is 18.5 Å². The quantitative estimate of drug-likeness (QED) is 0.923. The van der Waals surface area contributed by atoms with E-state index in [1.165, 1.54) is 17.1 Å². The Morgan fingerprint density at radius 2 is 1.91 bits per heavy atom. The Kier molecular flexibility index (Phi) is 4.08. The van der Waals surface area contributed by atoms with Crippen LogP contribution in [0.15, 0.2) is 41.6 Å². The fourth-order valence-electron chi connectivity index (χ4n) is 2.54. The van der Waals surface area contributed by atoms with Gasteiger partial charge in [-0.3, -0.25) is 14.2 Å². The Morgan fingerprint density at radius 1 is 1.17 bits per heavy atom. The van der Waals surface area contributed by atoms with E-state index in [-0.39, 0.29) is 10.8 Å². The number of nitrogens with one attached hydrogen (secondary N) is 1. The van der Waals surface area contributed by atoms with Crippen LogP contribution < -0.4 is 9.62 Å². The maximum atomic E-state index is 12.2. The molecule has 7 nitrogen and oxygen atoms in total. The molecule has 0 atom stereocenters. The van der Waals surface area contributed by atoms with E-state index in [4.69, 9.17) is 0 Å². The van der Waals surface area contributed by atoms with Crippen LogP contribution in [0.5, 0.6) is 0 Å². The summed E-state index contributed by atoms with van der Waals surface area (Å²) in [6, 6.07) is 6.82. The number of rotatable bonds is 4. The SMILES string of the molecule is Cn1cc(S(=O)(=O)Nc2ccc(N3CCCCC3=O)cc2)cn1. The van der Waals surface area contributed by atoms with E-state index >= 15 is 0 Å². The molecule has 0 radical (unpaired) electrons. The minimum Gasteiger partial charge on any atom is -0.312 e. The molecule has 1 N–H and O–H groups in total. The third kappa shape index (κ3) is 3.37. The standard InChI is InChI=1S/C15H18N4O3S/c1-18-11-14(10-16-18)23(21,22)17-12-5-7-13(8-6-12)19-9-3-2-4-15(19)20/h5-8,10-11,17H,2-4,9H2,1H3. The topological polar surface area (TPSA) is 84.3 Å². The highest BCUT2D eigenvalue weighted by Crippen LogP contribution is 2.23. The van der Waals surface area contributed by atoms with Crippen molar-refractivity contribution >= 4 is 27.3 Å². The predicted octanol–water partition coefficient (Wildman–Crippen LogP) is 1.74. The number of carbonyl (C=O) groups is 1. The molecule has 0 bridgehead atoms. The van der Waals surface area contributed by atoms with E-state index in [1.54, 1.807) is 36.2 Å². The first-order valence-electron chi connectivity index (χ1n) is 7.38. The summed E-state index contributed by atoms with van der Waals surface area (Å²) in [6.45, 7) is 0.708. The summed E-state index contributed by atoms with van der Waals surface area (Å²) < 4.78 is 28.4. The maximum absolute atomic E-state index is 12.2. The Morgan fingerprint density at radius 3 is 2.52 bits per heavy atom. The van der Waals surface area contributed by atoms with Gasteiger partial charge in [0.2, 0.25) is 5.91 Å². The number of piperidine rings is 1. The highest BCUT2D eigenvalue weighted by Gasteiger charge is 2.20. The molecular formula is C15H18N4O3S. The molecule has 2 aromatic rings. The summed E-state index contributed by atoms with van der Waals surface area (Å²) in [5.41, 5.74) is 1.24. The van der Waals surface area contributed by atoms with Crippen LogP contribution in [0.1, 0.15) is 19.3 Å². The summed E-state index contributed by atoms with van der Waals surface area (Å²) in [7, 11) is -2.00. The van der Waals surface area contributed by atoms with Gasteiger partial charge in [-0.05, 0) is 37.1 Å². The Labute approximate surface area is 135 Å². The molecule has 23 heavy (non-hydrogen) atoms. The lowest BCUT2D eigenvalue weighted by Gasteiger charge is -2.26. The lowest BCUT2D eigenvalue weighted by molar-refractivity contribution is -0.119. The first-order chi connectivity index (χ1) is 11.0. The maximum Gasteiger partial charge on any atom is 0.265 e. The van der Waals surface area contributed by atoms with E-state index < -0.39 is 10.0 Å². The van der Waals surface area contributed by atoms with Crippen LogP contribution in [0.2, 0.25) is 0 Å². The zero-order valence-electron chi connectivity index (χ0n) is 12.8. The monoisotopic (exact) mass is 334 g/mol. The number of sulfonamides is 1. The predicted molar refractivity (Wildman–Crippen MR) is 86.7 cm³/mol. The van der Waals surface area contributed by atoms with Crippen molar-refractivity contribution < 1.29 is 13.2 Å². The minimum atomic E-state index is -3.65. The van der Waals surface area contributed by atoms with Gasteiger partial charge < -0.3 is 4.90 Å². The third-order valence-electron chi connectivity index (χ3n) is 3.75. The highest BCUT2D eigenvalue weighted by molar-refractivity contribution is 7.92. The zero-order chi connectivity index (χ0) is 16.4. The van der Waals surface area contributed by atoms with Crippen LogP contribution in [0.4, 0.5) is 11.4 Å². The lowest BCUT2D eigenvalue weighted by atomic mass is 10.1. The van der Waals surface area contributed by atoms with Crippen molar-refractivity contribution in [3.63, 3.8) is 0 Å². The van der Waals surface area contributed by atoms with Gasteiger partial charge in [0, 0.05) is 37.6 Å². The second-order valence-corrected chi connectivity index (χ2v) is 7.19. The number of anilines is 2. The molecule has 1 fully saturated rings. The van der Waals surface area contributed by atoms with Crippen LogP contribution in [0, 0.1) is 0 Å². The van der Waals surface area contributed by atoms with Gasteiger partial charge in [0.05, 0.1) is 6.20 Å². The van der Waals surface area contributed by atoms with Gasteiger partial charge >= 0.3 is 0 Å². The molecule has 0 unspecified atom stereocenters. The molecule has 0 saturated carbocycles. The molecule has 3 rings (SSSR count). The summed E-state index contributed by atoms with van der Waals surface area (Å²) in [6.07, 6.45) is 5.21. The van der Waals surface area contributed by atoms with Gasteiger partial charge in [-0.2, -0.15) is 5.10 Å². The number of hydrogen-bond donors (Lipinski definition) is 1. The number of benzene rings is 1. The van der Waals surface area contributed by atoms with Crippen molar-refractivity contribution in [3.05, 3.63) is 36.7 Å². The largest absolute Gasteiger partial charge is 0.312 e. The van der Waals surface area contributed by atoms with E-state index in [2.05, 4.69) is 9.82 Å². The van der Waals surface area contributed by atoms with Crippen LogP contribution in [0.25, 0.3) is 0 Å². The molecule has 1 aromatic carbocycles. The van der Waals surface area contributed by atoms with Gasteiger partial charge in [-0.15, -0.1) is 0 Å². The van der Waals surface area contributed by atoms with Crippen LogP contribution in [-0.2, 0) is 21.9 Å². The molecule has 8 heteroatoms. The normalized spacial score (nSPS) is 15.7. The van der Waals surface area contributed by atoms with Crippen LogP contribution in [-0.4, -0.2) is 30.7 Å². The fourth-order valence-corrected chi connectivity index (χ4v) is 3.58. The smallest absolute Gasteiger partial charge is 0.265 e. The number of hydrogen-bond acceptors (Lipinski definition) is 4. The third-order valence-corrected chi connectivity index (χ3v) is 5.08. The molecule has 1 aliphatic rings. The van der Waals surface area contributed by atoms with Crippen molar-refractivity contribution in [2.75, 3.05) is 16.2 Å². The van der Waals surface area contributed by atoms with E-state index in [9.17, 15) is 13.2 Å². The fraction of sp³-hybridized carbons (Fsp3) is 0.333. The van der Waals surface area contributed by atoms with Crippen molar-refractivity contribution in [1.29, 1.82) is 0 Å². The molecule has 0 spiro atoms. The van der Waals surface area contributed by atoms with E-state index in [1.807, 2.05) is 0 Å². The molecule has 1 saturated heterocycles. The summed E-state index contributed by atoms with van der Waals surface area (Å²) >= 11 is 0. The van der Waals surface area contributed by atoms with Crippen molar-refractivity contribution in [1.82, 2.24) is 9.78 Å². The average Bonchev–Trinajstić information content (AvgIpc) is 2.96. The lowest BCUT2D eigenvalue weighted by Crippen LogP contribution is -2.35. The zero-order valence-corrected chi connectivity index (χ0v) is 13.6. The molecule has 0 aliphatic carbocycles. The highest BCUT2D eigenvalue weighted by atomic mass is 32.2. The summed E-state index contributed by atoms with van der Waals surface area (Å²) in [5.74, 6) is 0.111. The minimum absolute atomic E-state index is 0.107. The van der Waals surface area contributed by atoms with Gasteiger partial charge in [-0.1, -0.05) is 0 Å². The van der Waals surface area contributed by atoms with Gasteiger partial charge in [0.25, 0.3) is 10.0 Å². The number of aryl methyl sites for hydroxylation is 1. The van der Waals surface area contributed by atoms with Crippen molar-refractivity contribution in [2.24, 2.45) is 7.05 Å². The second kappa shape index (κ2) is 6.04. The van der Waals surface area contributed by atoms with Crippen LogP contribution in [0.3, 0.4) is 0 Å². The van der Waals surface area contributed by atoms with Crippen molar-refractivity contribution in [3.8, 4) is 0 Å².